The highest BCUT2D eigenvalue weighted by Crippen LogP contribution is 2.16. The lowest BCUT2D eigenvalue weighted by molar-refractivity contribution is 1.19. The molecule has 52 valence electrons. The van der Waals surface area contributed by atoms with Crippen LogP contribution >= 0.6 is 15.9 Å². The van der Waals surface area contributed by atoms with Gasteiger partial charge in [0.25, 0.3) is 0 Å². The minimum atomic E-state index is 0.875. The van der Waals surface area contributed by atoms with Gasteiger partial charge in [0.05, 0.1) is 0 Å². The molecule has 10 heavy (non-hydrogen) atoms. The molecule has 0 bridgehead atoms. The maximum Gasteiger partial charge on any atom is 0.0373 e. The predicted molar refractivity (Wildman–Crippen MR) is 46.9 cm³/mol. The van der Waals surface area contributed by atoms with Gasteiger partial charge >= 0.3 is 0 Å². The van der Waals surface area contributed by atoms with Gasteiger partial charge < -0.3 is 0 Å². The van der Waals surface area contributed by atoms with Crippen LogP contribution in [0.15, 0.2) is 24.9 Å². The Morgan fingerprint density at radius 2 is 2.30 bits per heavy atom. The molecule has 0 N–H and O–H groups in total. The summed E-state index contributed by atoms with van der Waals surface area (Å²) in [6, 6.07) is 3.95. The number of halogens is 1. The van der Waals surface area contributed by atoms with Crippen molar-refractivity contribution in [2.75, 3.05) is 0 Å². The number of nitrogens with zero attached hydrogens (tertiary/aromatic N) is 1. The molecule has 0 aliphatic heterocycles. The van der Waals surface area contributed by atoms with Crippen LogP contribution in [0.1, 0.15) is 11.3 Å². The number of aromatic nitrogens is 1. The molecule has 1 heterocycles. The SMILES string of the molecule is C=C(Br)c1ccc(C)nc1. The summed E-state index contributed by atoms with van der Waals surface area (Å²) in [6.45, 7) is 5.69. The Hall–Kier alpha value is -0.630. The van der Waals surface area contributed by atoms with E-state index in [1.807, 2.05) is 19.1 Å². The summed E-state index contributed by atoms with van der Waals surface area (Å²) in [6.07, 6.45) is 1.80. The molecule has 0 atom stereocenters. The second-order valence-electron chi connectivity index (χ2n) is 2.09. The highest BCUT2D eigenvalue weighted by molar-refractivity contribution is 9.15. The van der Waals surface area contributed by atoms with Crippen molar-refractivity contribution in [3.05, 3.63) is 36.2 Å². The fourth-order valence-corrected chi connectivity index (χ4v) is 0.863. The Bertz CT molecular complexity index is 238. The molecule has 1 rings (SSSR count). The van der Waals surface area contributed by atoms with E-state index in [-0.39, 0.29) is 0 Å². The van der Waals surface area contributed by atoms with Crippen molar-refractivity contribution in [3.63, 3.8) is 0 Å². The van der Waals surface area contributed by atoms with Gasteiger partial charge in [-0.1, -0.05) is 28.6 Å². The first-order valence-electron chi connectivity index (χ1n) is 2.97. The average Bonchev–Trinajstić information content (AvgIpc) is 1.88. The summed E-state index contributed by atoms with van der Waals surface area (Å²) in [5.74, 6) is 0. The summed E-state index contributed by atoms with van der Waals surface area (Å²) >= 11 is 3.27. The third-order valence-corrected chi connectivity index (χ3v) is 1.68. The molecule has 0 saturated carbocycles. The standard InChI is InChI=1S/C8H8BrN/c1-6-3-4-8(5-10-6)7(2)9/h3-5H,2H2,1H3. The fraction of sp³-hybridized carbons (Fsp3) is 0.125. The molecule has 1 aromatic heterocycles. The molecule has 0 fully saturated rings. The van der Waals surface area contributed by atoms with E-state index < -0.39 is 0 Å². The second kappa shape index (κ2) is 2.97. The largest absolute Gasteiger partial charge is 0.261 e. The third-order valence-electron chi connectivity index (χ3n) is 1.22. The molecule has 0 saturated heterocycles. The van der Waals surface area contributed by atoms with E-state index in [0.717, 1.165) is 15.7 Å². The highest BCUT2D eigenvalue weighted by Gasteiger charge is 1.92. The summed E-state index contributed by atoms with van der Waals surface area (Å²) in [5, 5.41) is 0. The first-order chi connectivity index (χ1) is 4.70. The van der Waals surface area contributed by atoms with Crippen LogP contribution in [0.3, 0.4) is 0 Å². The van der Waals surface area contributed by atoms with Crippen LogP contribution in [0.4, 0.5) is 0 Å². The molecule has 0 aliphatic rings. The van der Waals surface area contributed by atoms with Crippen LogP contribution in [0.2, 0.25) is 0 Å². The Morgan fingerprint density at radius 1 is 1.60 bits per heavy atom. The molecule has 1 aromatic rings. The van der Waals surface area contributed by atoms with E-state index >= 15 is 0 Å². The minimum absolute atomic E-state index is 0.875. The van der Waals surface area contributed by atoms with Crippen LogP contribution in [-0.4, -0.2) is 4.98 Å². The number of aryl methyl sites for hydroxylation is 1. The minimum Gasteiger partial charge on any atom is -0.261 e. The molecular weight excluding hydrogens is 190 g/mol. The number of rotatable bonds is 1. The fourth-order valence-electron chi connectivity index (χ4n) is 0.628. The molecule has 0 spiro atoms. The zero-order valence-electron chi connectivity index (χ0n) is 5.76. The van der Waals surface area contributed by atoms with Gasteiger partial charge in [-0.25, -0.2) is 0 Å². The Kier molecular flexibility index (Phi) is 2.22. The molecule has 1 nitrogen and oxygen atoms in total. The van der Waals surface area contributed by atoms with Crippen LogP contribution in [0, 0.1) is 6.92 Å². The van der Waals surface area contributed by atoms with E-state index in [2.05, 4.69) is 27.5 Å². The first-order valence-corrected chi connectivity index (χ1v) is 3.77. The normalized spacial score (nSPS) is 9.40. The summed E-state index contributed by atoms with van der Waals surface area (Å²) in [4.78, 5) is 4.11. The molecular formula is C8H8BrN. The molecule has 0 amide bonds. The van der Waals surface area contributed by atoms with E-state index in [4.69, 9.17) is 0 Å². The van der Waals surface area contributed by atoms with Gasteiger partial charge in [-0.2, -0.15) is 0 Å². The lowest BCUT2D eigenvalue weighted by Gasteiger charge is -1.95. The molecule has 0 unspecified atom stereocenters. The van der Waals surface area contributed by atoms with E-state index in [1.54, 1.807) is 6.20 Å². The molecule has 0 aromatic carbocycles. The second-order valence-corrected chi connectivity index (χ2v) is 3.05. The van der Waals surface area contributed by atoms with Crippen molar-refractivity contribution in [2.24, 2.45) is 0 Å². The van der Waals surface area contributed by atoms with Gasteiger partial charge in [-0.3, -0.25) is 4.98 Å². The number of hydrogen-bond acceptors (Lipinski definition) is 1. The molecule has 2 heteroatoms. The van der Waals surface area contributed by atoms with Gasteiger partial charge in [0.1, 0.15) is 0 Å². The van der Waals surface area contributed by atoms with E-state index in [1.165, 1.54) is 0 Å². The van der Waals surface area contributed by atoms with Crippen LogP contribution < -0.4 is 0 Å². The molecule has 0 aliphatic carbocycles. The highest BCUT2D eigenvalue weighted by atomic mass is 79.9. The zero-order valence-corrected chi connectivity index (χ0v) is 7.35. The van der Waals surface area contributed by atoms with Gasteiger partial charge in [-0.05, 0) is 13.0 Å². The average molecular weight is 198 g/mol. The number of pyridine rings is 1. The maximum absolute atomic E-state index is 4.11. The van der Waals surface area contributed by atoms with Gasteiger partial charge in [0.15, 0.2) is 0 Å². The quantitative estimate of drug-likeness (QED) is 0.676. The van der Waals surface area contributed by atoms with E-state index in [0.29, 0.717) is 0 Å². The Balaban J connectivity index is 3.00. The Labute approximate surface area is 68.9 Å². The topological polar surface area (TPSA) is 12.9 Å². The van der Waals surface area contributed by atoms with E-state index in [9.17, 15) is 0 Å². The lowest BCUT2D eigenvalue weighted by atomic mass is 10.2. The van der Waals surface area contributed by atoms with Crippen molar-refractivity contribution in [1.82, 2.24) is 4.98 Å². The maximum atomic E-state index is 4.11. The summed E-state index contributed by atoms with van der Waals surface area (Å²) in [5.41, 5.74) is 2.06. The van der Waals surface area contributed by atoms with Crippen LogP contribution in [0.25, 0.3) is 4.48 Å². The van der Waals surface area contributed by atoms with Crippen molar-refractivity contribution in [3.8, 4) is 0 Å². The monoisotopic (exact) mass is 197 g/mol. The van der Waals surface area contributed by atoms with Crippen LogP contribution in [0.5, 0.6) is 0 Å². The summed E-state index contributed by atoms with van der Waals surface area (Å²) in [7, 11) is 0. The van der Waals surface area contributed by atoms with Crippen molar-refractivity contribution in [2.45, 2.75) is 6.92 Å². The van der Waals surface area contributed by atoms with Gasteiger partial charge in [0, 0.05) is 21.9 Å². The van der Waals surface area contributed by atoms with Gasteiger partial charge in [-0.15, -0.1) is 0 Å². The van der Waals surface area contributed by atoms with Gasteiger partial charge in [0.2, 0.25) is 0 Å². The Morgan fingerprint density at radius 3 is 2.70 bits per heavy atom. The van der Waals surface area contributed by atoms with Crippen molar-refractivity contribution < 1.29 is 0 Å². The first kappa shape index (κ1) is 7.48. The molecule has 0 radical (unpaired) electrons. The smallest absolute Gasteiger partial charge is 0.0373 e. The predicted octanol–water partition coefficient (Wildman–Crippen LogP) is 2.76. The van der Waals surface area contributed by atoms with Crippen molar-refractivity contribution in [1.29, 1.82) is 0 Å². The summed E-state index contributed by atoms with van der Waals surface area (Å²) < 4.78 is 0.875. The van der Waals surface area contributed by atoms with Crippen molar-refractivity contribution >= 4 is 20.4 Å². The third kappa shape index (κ3) is 1.67. The number of hydrogen-bond donors (Lipinski definition) is 0. The lowest BCUT2D eigenvalue weighted by Crippen LogP contribution is -1.81. The van der Waals surface area contributed by atoms with Crippen LogP contribution in [-0.2, 0) is 0 Å². The zero-order chi connectivity index (χ0) is 7.56.